The van der Waals surface area contributed by atoms with Crippen LogP contribution < -0.4 is 15.8 Å². The second kappa shape index (κ2) is 8.79. The number of hydrogen-bond acceptors (Lipinski definition) is 4. The standard InChI is InChI=1S/C14H22N2O3.ClH/c1-14(2,15)10-16-13(17)11-4-6-12(7-5-11)19-9-8-18-3;/h4-7H,8-10,15H2,1-3H3,(H,16,17);1H. The van der Waals surface area contributed by atoms with Gasteiger partial charge in [-0.2, -0.15) is 0 Å². The van der Waals surface area contributed by atoms with Crippen LogP contribution in [0, 0.1) is 0 Å². The molecule has 5 nitrogen and oxygen atoms in total. The van der Waals surface area contributed by atoms with Crippen LogP contribution in [0.2, 0.25) is 0 Å². The van der Waals surface area contributed by atoms with Gasteiger partial charge in [0.1, 0.15) is 12.4 Å². The van der Waals surface area contributed by atoms with Crippen molar-refractivity contribution in [2.24, 2.45) is 5.73 Å². The first-order valence-electron chi connectivity index (χ1n) is 6.21. The van der Waals surface area contributed by atoms with Crippen LogP contribution >= 0.6 is 12.4 Å². The van der Waals surface area contributed by atoms with E-state index in [2.05, 4.69) is 5.32 Å². The van der Waals surface area contributed by atoms with Gasteiger partial charge in [0, 0.05) is 24.8 Å². The van der Waals surface area contributed by atoms with E-state index >= 15 is 0 Å². The van der Waals surface area contributed by atoms with E-state index in [1.54, 1.807) is 31.4 Å². The summed E-state index contributed by atoms with van der Waals surface area (Å²) in [4.78, 5) is 11.8. The highest BCUT2D eigenvalue weighted by molar-refractivity contribution is 5.94. The summed E-state index contributed by atoms with van der Waals surface area (Å²) in [6.07, 6.45) is 0. The molecule has 0 aliphatic carbocycles. The molecular formula is C14H23ClN2O3. The number of benzene rings is 1. The Balaban J connectivity index is 0.00000361. The summed E-state index contributed by atoms with van der Waals surface area (Å²) in [5, 5.41) is 2.79. The number of ether oxygens (including phenoxy) is 2. The highest BCUT2D eigenvalue weighted by Crippen LogP contribution is 2.12. The summed E-state index contributed by atoms with van der Waals surface area (Å²) in [5.41, 5.74) is 5.98. The fourth-order valence-corrected chi connectivity index (χ4v) is 1.36. The molecule has 1 aromatic rings. The van der Waals surface area contributed by atoms with E-state index in [-0.39, 0.29) is 18.3 Å². The van der Waals surface area contributed by atoms with Crippen molar-refractivity contribution in [2.75, 3.05) is 26.9 Å². The lowest BCUT2D eigenvalue weighted by molar-refractivity contribution is 0.0946. The Morgan fingerprint density at radius 2 is 1.85 bits per heavy atom. The monoisotopic (exact) mass is 302 g/mol. The van der Waals surface area contributed by atoms with E-state index in [1.165, 1.54) is 0 Å². The number of methoxy groups -OCH3 is 1. The second-order valence-electron chi connectivity index (χ2n) is 5.04. The molecule has 6 heteroatoms. The lowest BCUT2D eigenvalue weighted by Crippen LogP contribution is -2.45. The maximum Gasteiger partial charge on any atom is 0.251 e. The molecule has 0 fully saturated rings. The third-order valence-electron chi connectivity index (χ3n) is 2.38. The number of halogens is 1. The van der Waals surface area contributed by atoms with Gasteiger partial charge in [-0.05, 0) is 38.1 Å². The molecule has 0 aliphatic rings. The van der Waals surface area contributed by atoms with Crippen molar-refractivity contribution in [3.05, 3.63) is 29.8 Å². The van der Waals surface area contributed by atoms with Crippen LogP contribution in [0.3, 0.4) is 0 Å². The Kier molecular flexibility index (Phi) is 8.22. The Labute approximate surface area is 126 Å². The van der Waals surface area contributed by atoms with Crippen molar-refractivity contribution >= 4 is 18.3 Å². The summed E-state index contributed by atoms with van der Waals surface area (Å²) < 4.78 is 10.3. The van der Waals surface area contributed by atoms with E-state index in [1.807, 2.05) is 13.8 Å². The molecule has 114 valence electrons. The van der Waals surface area contributed by atoms with Gasteiger partial charge in [0.15, 0.2) is 0 Å². The molecular weight excluding hydrogens is 280 g/mol. The zero-order valence-corrected chi connectivity index (χ0v) is 13.0. The molecule has 20 heavy (non-hydrogen) atoms. The number of rotatable bonds is 7. The van der Waals surface area contributed by atoms with Crippen molar-refractivity contribution in [2.45, 2.75) is 19.4 Å². The van der Waals surface area contributed by atoms with E-state index in [4.69, 9.17) is 15.2 Å². The lowest BCUT2D eigenvalue weighted by Gasteiger charge is -2.18. The minimum absolute atomic E-state index is 0. The largest absolute Gasteiger partial charge is 0.491 e. The Hall–Kier alpha value is -1.30. The van der Waals surface area contributed by atoms with Gasteiger partial charge in [-0.15, -0.1) is 12.4 Å². The number of nitrogens with one attached hydrogen (secondary N) is 1. The molecule has 1 rings (SSSR count). The van der Waals surface area contributed by atoms with Crippen LogP contribution in [0.15, 0.2) is 24.3 Å². The molecule has 0 bridgehead atoms. The van der Waals surface area contributed by atoms with Gasteiger partial charge in [-0.1, -0.05) is 0 Å². The Morgan fingerprint density at radius 1 is 1.25 bits per heavy atom. The number of carbonyl (C=O) groups excluding carboxylic acids is 1. The predicted octanol–water partition coefficient (Wildman–Crippen LogP) is 1.60. The first-order valence-corrected chi connectivity index (χ1v) is 6.21. The third-order valence-corrected chi connectivity index (χ3v) is 2.38. The van der Waals surface area contributed by atoms with Gasteiger partial charge in [-0.25, -0.2) is 0 Å². The molecule has 0 radical (unpaired) electrons. The molecule has 0 saturated carbocycles. The Morgan fingerprint density at radius 3 is 2.35 bits per heavy atom. The first-order chi connectivity index (χ1) is 8.92. The molecule has 0 heterocycles. The topological polar surface area (TPSA) is 73.6 Å². The van der Waals surface area contributed by atoms with Gasteiger partial charge in [0.05, 0.1) is 6.61 Å². The predicted molar refractivity (Wildman–Crippen MR) is 81.7 cm³/mol. The highest BCUT2D eigenvalue weighted by Gasteiger charge is 2.13. The van der Waals surface area contributed by atoms with Crippen molar-refractivity contribution < 1.29 is 14.3 Å². The van der Waals surface area contributed by atoms with E-state index in [0.29, 0.717) is 31.1 Å². The van der Waals surface area contributed by atoms with E-state index < -0.39 is 5.54 Å². The molecule has 0 unspecified atom stereocenters. The van der Waals surface area contributed by atoms with Crippen LogP contribution in [-0.2, 0) is 4.74 Å². The van der Waals surface area contributed by atoms with Gasteiger partial charge < -0.3 is 20.5 Å². The summed E-state index contributed by atoms with van der Waals surface area (Å²) >= 11 is 0. The fraction of sp³-hybridized carbons (Fsp3) is 0.500. The summed E-state index contributed by atoms with van der Waals surface area (Å²) in [6.45, 7) is 5.18. The van der Waals surface area contributed by atoms with Crippen LogP contribution in [0.5, 0.6) is 5.75 Å². The summed E-state index contributed by atoms with van der Waals surface area (Å²) in [5.74, 6) is 0.578. The molecule has 0 aromatic heterocycles. The van der Waals surface area contributed by atoms with Crippen LogP contribution in [0.25, 0.3) is 0 Å². The molecule has 0 saturated heterocycles. The van der Waals surface area contributed by atoms with Gasteiger partial charge >= 0.3 is 0 Å². The maximum absolute atomic E-state index is 11.8. The van der Waals surface area contributed by atoms with Crippen molar-refractivity contribution in [3.63, 3.8) is 0 Å². The highest BCUT2D eigenvalue weighted by atomic mass is 35.5. The number of nitrogens with two attached hydrogens (primary N) is 1. The van der Waals surface area contributed by atoms with Crippen molar-refractivity contribution in [3.8, 4) is 5.75 Å². The number of carbonyl (C=O) groups is 1. The quantitative estimate of drug-likeness (QED) is 0.750. The average Bonchev–Trinajstić information content (AvgIpc) is 2.36. The SMILES string of the molecule is COCCOc1ccc(C(=O)NCC(C)(C)N)cc1.Cl. The van der Waals surface area contributed by atoms with Gasteiger partial charge in [0.25, 0.3) is 5.91 Å². The van der Waals surface area contributed by atoms with Crippen LogP contribution in [0.4, 0.5) is 0 Å². The Bertz CT molecular complexity index is 402. The molecule has 0 aliphatic heterocycles. The molecule has 3 N–H and O–H groups in total. The average molecular weight is 303 g/mol. The maximum atomic E-state index is 11.8. The van der Waals surface area contributed by atoms with Crippen molar-refractivity contribution in [1.82, 2.24) is 5.32 Å². The normalized spacial score (nSPS) is 10.6. The number of hydrogen-bond donors (Lipinski definition) is 2. The number of amides is 1. The molecule has 1 aromatic carbocycles. The summed E-state index contributed by atoms with van der Waals surface area (Å²) in [7, 11) is 1.62. The minimum Gasteiger partial charge on any atom is -0.491 e. The first kappa shape index (κ1) is 18.7. The van der Waals surface area contributed by atoms with Crippen LogP contribution in [-0.4, -0.2) is 38.3 Å². The molecule has 0 spiro atoms. The van der Waals surface area contributed by atoms with Gasteiger partial charge in [0.2, 0.25) is 0 Å². The minimum atomic E-state index is -0.418. The van der Waals surface area contributed by atoms with Crippen molar-refractivity contribution in [1.29, 1.82) is 0 Å². The van der Waals surface area contributed by atoms with E-state index in [0.717, 1.165) is 0 Å². The summed E-state index contributed by atoms with van der Waals surface area (Å²) in [6, 6.07) is 6.97. The van der Waals surface area contributed by atoms with Gasteiger partial charge in [-0.3, -0.25) is 4.79 Å². The zero-order valence-electron chi connectivity index (χ0n) is 12.1. The lowest BCUT2D eigenvalue weighted by atomic mass is 10.1. The smallest absolute Gasteiger partial charge is 0.251 e. The third kappa shape index (κ3) is 7.33. The fourth-order valence-electron chi connectivity index (χ4n) is 1.36. The van der Waals surface area contributed by atoms with E-state index in [9.17, 15) is 4.79 Å². The molecule has 0 atom stereocenters. The zero-order chi connectivity index (χ0) is 14.3. The molecule has 1 amide bonds. The van der Waals surface area contributed by atoms with Crippen LogP contribution in [0.1, 0.15) is 24.2 Å². The second-order valence-corrected chi connectivity index (χ2v) is 5.04.